The molecule has 0 spiro atoms. The van der Waals surface area contributed by atoms with Gasteiger partial charge in [-0.2, -0.15) is 0 Å². The minimum Gasteiger partial charge on any atom is -0.393 e. The second-order valence-corrected chi connectivity index (χ2v) is 12.9. The van der Waals surface area contributed by atoms with Crippen molar-refractivity contribution in [2.24, 2.45) is 52.3 Å². The first-order valence-corrected chi connectivity index (χ1v) is 13.6. The van der Waals surface area contributed by atoms with Crippen LogP contribution in [0.5, 0.6) is 0 Å². The summed E-state index contributed by atoms with van der Waals surface area (Å²) >= 11 is 0. The molecule has 0 heterocycles. The van der Waals surface area contributed by atoms with E-state index in [1.807, 2.05) is 0 Å². The number of aliphatic hydroxyl groups excluding tert-OH is 1. The van der Waals surface area contributed by atoms with E-state index in [2.05, 4.69) is 47.6 Å². The predicted octanol–water partition coefficient (Wildman–Crippen LogP) is 8.02. The summed E-state index contributed by atoms with van der Waals surface area (Å²) in [5.41, 5.74) is 2.59. The molecular weight excluding hydrogens is 364 g/mol. The Morgan fingerprint density at radius 3 is 2.47 bits per heavy atom. The van der Waals surface area contributed by atoms with Crippen LogP contribution in [-0.4, -0.2) is 11.2 Å². The summed E-state index contributed by atoms with van der Waals surface area (Å²) in [5, 5.41) is 10.2. The quantitative estimate of drug-likeness (QED) is 0.436. The van der Waals surface area contributed by atoms with E-state index in [1.165, 1.54) is 57.8 Å². The Bertz CT molecular complexity index is 634. The normalized spacial score (nSPS) is 45.3. The molecule has 4 aliphatic rings. The van der Waals surface area contributed by atoms with Gasteiger partial charge in [0, 0.05) is 0 Å². The lowest BCUT2D eigenvalue weighted by Gasteiger charge is -2.58. The van der Waals surface area contributed by atoms with Crippen LogP contribution in [0.4, 0.5) is 0 Å². The first-order chi connectivity index (χ1) is 14.2. The van der Waals surface area contributed by atoms with Gasteiger partial charge in [0.15, 0.2) is 0 Å². The van der Waals surface area contributed by atoms with Crippen molar-refractivity contribution in [1.82, 2.24) is 0 Å². The average molecular weight is 415 g/mol. The highest BCUT2D eigenvalue weighted by Gasteiger charge is 2.59. The van der Waals surface area contributed by atoms with Gasteiger partial charge in [-0.3, -0.25) is 0 Å². The fourth-order valence-electron chi connectivity index (χ4n) is 9.30. The van der Waals surface area contributed by atoms with Crippen molar-refractivity contribution >= 4 is 0 Å². The molecule has 0 aromatic heterocycles. The summed E-state index contributed by atoms with van der Waals surface area (Å²) < 4.78 is 0. The van der Waals surface area contributed by atoms with Gasteiger partial charge in [-0.1, -0.05) is 66.0 Å². The second-order valence-electron chi connectivity index (χ2n) is 12.9. The van der Waals surface area contributed by atoms with Gasteiger partial charge in [0.05, 0.1) is 6.10 Å². The van der Waals surface area contributed by atoms with Crippen LogP contribution in [0.1, 0.15) is 112 Å². The number of aliphatic hydroxyl groups is 1. The first kappa shape index (κ1) is 22.9. The van der Waals surface area contributed by atoms with E-state index >= 15 is 0 Å². The molecular formula is C29H50O. The van der Waals surface area contributed by atoms with Gasteiger partial charge in [0.25, 0.3) is 0 Å². The number of hydrogen-bond acceptors (Lipinski definition) is 1. The molecule has 0 aromatic carbocycles. The fraction of sp³-hybridized carbons (Fsp3) is 0.931. The highest BCUT2D eigenvalue weighted by atomic mass is 16.3. The maximum absolute atomic E-state index is 10.2. The highest BCUT2D eigenvalue weighted by molar-refractivity contribution is 5.25. The third kappa shape index (κ3) is 3.74. The van der Waals surface area contributed by atoms with Crippen molar-refractivity contribution in [2.75, 3.05) is 0 Å². The van der Waals surface area contributed by atoms with Crippen molar-refractivity contribution in [3.63, 3.8) is 0 Å². The lowest BCUT2D eigenvalue weighted by Crippen LogP contribution is -2.50. The van der Waals surface area contributed by atoms with E-state index < -0.39 is 0 Å². The average Bonchev–Trinajstić information content (AvgIpc) is 3.06. The molecule has 0 radical (unpaired) electrons. The molecule has 172 valence electrons. The minimum atomic E-state index is -0.0794. The van der Waals surface area contributed by atoms with E-state index in [9.17, 15) is 5.11 Å². The van der Waals surface area contributed by atoms with E-state index in [-0.39, 0.29) is 6.10 Å². The van der Waals surface area contributed by atoms with Gasteiger partial charge in [0.1, 0.15) is 0 Å². The Morgan fingerprint density at radius 1 is 1.00 bits per heavy atom. The van der Waals surface area contributed by atoms with E-state index in [4.69, 9.17) is 0 Å². The van der Waals surface area contributed by atoms with Crippen LogP contribution in [0.2, 0.25) is 0 Å². The zero-order chi connectivity index (χ0) is 21.7. The van der Waals surface area contributed by atoms with Crippen LogP contribution in [0.25, 0.3) is 0 Å². The zero-order valence-corrected chi connectivity index (χ0v) is 20.9. The molecule has 4 rings (SSSR count). The highest BCUT2D eigenvalue weighted by Crippen LogP contribution is 2.67. The maximum atomic E-state index is 10.2. The molecule has 1 heteroatoms. The lowest BCUT2D eigenvalue weighted by molar-refractivity contribution is -0.0575. The van der Waals surface area contributed by atoms with Crippen molar-refractivity contribution in [3.8, 4) is 0 Å². The van der Waals surface area contributed by atoms with Crippen molar-refractivity contribution in [1.29, 1.82) is 0 Å². The third-order valence-electron chi connectivity index (χ3n) is 11.3. The van der Waals surface area contributed by atoms with Gasteiger partial charge in [0.2, 0.25) is 0 Å². The fourth-order valence-corrected chi connectivity index (χ4v) is 9.30. The Labute approximate surface area is 187 Å². The second kappa shape index (κ2) is 8.57. The van der Waals surface area contributed by atoms with Crippen LogP contribution >= 0.6 is 0 Å². The predicted molar refractivity (Wildman–Crippen MR) is 128 cm³/mol. The summed E-state index contributed by atoms with van der Waals surface area (Å²) in [5.74, 6) is 6.31. The molecule has 9 atom stereocenters. The standard InChI is InChI=1S/C29H50O/c1-7-21(19(2)3)9-8-20(4)25-12-13-26-24-11-10-22-18-23(30)14-16-28(22,5)27(24)15-17-29(25,26)6/h10,19-21,23-27,30H,7-9,11-18H2,1-6H3/t20-,21-,23+,24+,25+,26-,27-,28+,29-/m1/s1. The Kier molecular flexibility index (Phi) is 6.53. The molecule has 0 amide bonds. The van der Waals surface area contributed by atoms with Crippen molar-refractivity contribution in [3.05, 3.63) is 11.6 Å². The van der Waals surface area contributed by atoms with Crippen LogP contribution in [0.15, 0.2) is 11.6 Å². The molecule has 4 aliphatic carbocycles. The van der Waals surface area contributed by atoms with Crippen molar-refractivity contribution in [2.45, 2.75) is 118 Å². The lowest BCUT2D eigenvalue weighted by atomic mass is 9.47. The van der Waals surface area contributed by atoms with Crippen LogP contribution < -0.4 is 0 Å². The summed E-state index contributed by atoms with van der Waals surface area (Å²) in [6, 6.07) is 0. The number of hydrogen-bond donors (Lipinski definition) is 1. The molecule has 30 heavy (non-hydrogen) atoms. The maximum Gasteiger partial charge on any atom is 0.0577 e. The van der Waals surface area contributed by atoms with E-state index in [0.29, 0.717) is 10.8 Å². The Balaban J connectivity index is 1.47. The minimum absolute atomic E-state index is 0.0794. The molecule has 3 fully saturated rings. The Hall–Kier alpha value is -0.300. The zero-order valence-electron chi connectivity index (χ0n) is 20.9. The van der Waals surface area contributed by atoms with Crippen LogP contribution in [0.3, 0.4) is 0 Å². The molecule has 0 unspecified atom stereocenters. The van der Waals surface area contributed by atoms with Crippen LogP contribution in [0, 0.1) is 52.3 Å². The molecule has 0 bridgehead atoms. The number of rotatable bonds is 6. The molecule has 1 nitrogen and oxygen atoms in total. The third-order valence-corrected chi connectivity index (χ3v) is 11.3. The largest absolute Gasteiger partial charge is 0.393 e. The molecule has 0 aliphatic heterocycles. The molecule has 1 N–H and O–H groups in total. The number of fused-ring (bicyclic) bond motifs is 5. The van der Waals surface area contributed by atoms with Gasteiger partial charge in [-0.25, -0.2) is 0 Å². The van der Waals surface area contributed by atoms with E-state index in [1.54, 1.807) is 5.57 Å². The monoisotopic (exact) mass is 414 g/mol. The van der Waals surface area contributed by atoms with Gasteiger partial charge in [-0.15, -0.1) is 0 Å². The smallest absolute Gasteiger partial charge is 0.0577 e. The summed E-state index contributed by atoms with van der Waals surface area (Å²) in [7, 11) is 0. The molecule has 0 saturated heterocycles. The van der Waals surface area contributed by atoms with E-state index in [0.717, 1.165) is 54.3 Å². The van der Waals surface area contributed by atoms with Gasteiger partial charge >= 0.3 is 0 Å². The van der Waals surface area contributed by atoms with Crippen molar-refractivity contribution < 1.29 is 5.11 Å². The van der Waals surface area contributed by atoms with Gasteiger partial charge < -0.3 is 5.11 Å². The topological polar surface area (TPSA) is 20.2 Å². The molecule has 0 aromatic rings. The first-order valence-electron chi connectivity index (χ1n) is 13.6. The summed E-state index contributed by atoms with van der Waals surface area (Å²) in [6.45, 7) is 15.1. The summed E-state index contributed by atoms with van der Waals surface area (Å²) in [6.07, 6.45) is 17.1. The number of allylic oxidation sites excluding steroid dienone is 1. The van der Waals surface area contributed by atoms with Crippen LogP contribution in [-0.2, 0) is 0 Å². The molecule has 3 saturated carbocycles. The Morgan fingerprint density at radius 2 is 1.77 bits per heavy atom. The summed E-state index contributed by atoms with van der Waals surface area (Å²) in [4.78, 5) is 0. The van der Waals surface area contributed by atoms with Gasteiger partial charge in [-0.05, 0) is 110 Å². The SMILES string of the molecule is CC[C@H](CC[C@@H](C)[C@@H]1CC[C@@H]2[C@@H]3CC=C4C[C@@H](O)CC[C@]4(C)[C@@H]3CC[C@@]21C)C(C)C.